The fraction of sp³-hybridized carbons (Fsp3) is 0.304. The van der Waals surface area contributed by atoms with Gasteiger partial charge < -0.3 is 14.8 Å². The molecule has 0 aliphatic carbocycles. The molecule has 4 aromatic rings. The van der Waals surface area contributed by atoms with E-state index in [1.165, 1.54) is 0 Å². The molecule has 0 radical (unpaired) electrons. The molecular formula is C23H24N8O2. The third kappa shape index (κ3) is 2.86. The molecule has 0 saturated carbocycles. The van der Waals surface area contributed by atoms with Gasteiger partial charge in [0.1, 0.15) is 23.9 Å². The zero-order valence-electron chi connectivity index (χ0n) is 19.1. The number of nitrogens with zero attached hydrogens (tertiary/aromatic N) is 7. The van der Waals surface area contributed by atoms with E-state index in [0.717, 1.165) is 50.8 Å². The molecule has 2 aliphatic rings. The van der Waals surface area contributed by atoms with Crippen LogP contribution in [0.3, 0.4) is 0 Å². The lowest BCUT2D eigenvalue weighted by atomic mass is 9.85. The summed E-state index contributed by atoms with van der Waals surface area (Å²) in [6.45, 7) is 4.02. The Balaban J connectivity index is 1.66. The lowest BCUT2D eigenvalue weighted by molar-refractivity contribution is 0.222. The van der Waals surface area contributed by atoms with E-state index in [2.05, 4.69) is 25.6 Å². The SMILES string of the molecule is COc1ccc2c(c1)C1=C([C@@H](c3cn(C)nc3C)O2)[C@@H](c2cn(C)nc2C)n2ncnc2N1. The maximum Gasteiger partial charge on any atom is 0.226 e. The van der Waals surface area contributed by atoms with Crippen molar-refractivity contribution in [2.75, 3.05) is 12.4 Å². The molecule has 2 atom stereocenters. The number of hydrogen-bond donors (Lipinski definition) is 1. The van der Waals surface area contributed by atoms with Gasteiger partial charge in [-0.05, 0) is 32.0 Å². The number of fused-ring (bicyclic) bond motifs is 3. The Kier molecular flexibility index (Phi) is 4.13. The third-order valence-electron chi connectivity index (χ3n) is 6.30. The van der Waals surface area contributed by atoms with E-state index in [1.807, 2.05) is 72.6 Å². The van der Waals surface area contributed by atoms with Crippen molar-refractivity contribution in [1.82, 2.24) is 34.3 Å². The van der Waals surface area contributed by atoms with Crippen LogP contribution in [0.4, 0.5) is 5.95 Å². The number of benzene rings is 1. The standard InChI is InChI=1S/C23H24N8O2/c1-12-16(9-29(3)27-12)21-19-20(26-23-24-11-25-31(21)23)15-8-14(32-5)6-7-18(15)33-22(19)17-10-30(4)28-13(17)2/h6-11,21-22H,1-5H3,(H,24,25,26)/t21-,22-/m1/s1. The van der Waals surface area contributed by atoms with Crippen LogP contribution in [0.1, 0.15) is 40.2 Å². The van der Waals surface area contributed by atoms with Gasteiger partial charge in [-0.3, -0.25) is 9.36 Å². The van der Waals surface area contributed by atoms with Crippen molar-refractivity contribution in [1.29, 1.82) is 0 Å². The van der Waals surface area contributed by atoms with Gasteiger partial charge in [0.25, 0.3) is 0 Å². The fourth-order valence-electron chi connectivity index (χ4n) is 4.89. The summed E-state index contributed by atoms with van der Waals surface area (Å²) in [6.07, 6.45) is 5.25. The summed E-state index contributed by atoms with van der Waals surface area (Å²) in [7, 11) is 5.51. The first-order valence-electron chi connectivity index (χ1n) is 10.7. The molecule has 10 heteroatoms. The van der Waals surface area contributed by atoms with E-state index in [1.54, 1.807) is 13.4 Å². The van der Waals surface area contributed by atoms with E-state index < -0.39 is 0 Å². The summed E-state index contributed by atoms with van der Waals surface area (Å²) < 4.78 is 17.7. The first-order chi connectivity index (χ1) is 15.9. The molecule has 0 spiro atoms. The van der Waals surface area contributed by atoms with Crippen molar-refractivity contribution in [3.63, 3.8) is 0 Å². The Morgan fingerprint density at radius 3 is 2.42 bits per heavy atom. The topological polar surface area (TPSA) is 96.8 Å². The molecule has 0 fully saturated rings. The Hall–Kier alpha value is -4.08. The van der Waals surface area contributed by atoms with Gasteiger partial charge in [-0.2, -0.15) is 20.3 Å². The van der Waals surface area contributed by atoms with Crippen molar-refractivity contribution >= 4 is 11.6 Å². The first kappa shape index (κ1) is 19.6. The minimum Gasteiger partial charge on any atom is -0.497 e. The Labute approximate surface area is 190 Å². The van der Waals surface area contributed by atoms with Crippen LogP contribution in [0.15, 0.2) is 42.5 Å². The Bertz CT molecular complexity index is 1430. The average Bonchev–Trinajstić information content (AvgIpc) is 3.49. The Morgan fingerprint density at radius 2 is 1.76 bits per heavy atom. The highest BCUT2D eigenvalue weighted by atomic mass is 16.5. The molecule has 5 heterocycles. The molecule has 2 aliphatic heterocycles. The minimum atomic E-state index is -0.371. The summed E-state index contributed by atoms with van der Waals surface area (Å²) in [4.78, 5) is 4.49. The zero-order chi connectivity index (χ0) is 22.9. The number of hydrogen-bond acceptors (Lipinski definition) is 7. The van der Waals surface area contributed by atoms with Crippen LogP contribution in [0.5, 0.6) is 11.5 Å². The van der Waals surface area contributed by atoms with E-state index >= 15 is 0 Å². The molecular weight excluding hydrogens is 420 g/mol. The molecule has 1 aromatic carbocycles. The molecule has 1 N–H and O–H groups in total. The number of methoxy groups -OCH3 is 1. The first-order valence-corrected chi connectivity index (χ1v) is 10.7. The predicted molar refractivity (Wildman–Crippen MR) is 121 cm³/mol. The Morgan fingerprint density at radius 1 is 1.03 bits per heavy atom. The number of ether oxygens (including phenoxy) is 2. The molecule has 0 amide bonds. The van der Waals surface area contributed by atoms with Crippen LogP contribution in [-0.4, -0.2) is 41.4 Å². The lowest BCUT2D eigenvalue weighted by Gasteiger charge is -2.38. The van der Waals surface area contributed by atoms with Crippen molar-refractivity contribution in [3.05, 3.63) is 70.6 Å². The van der Waals surface area contributed by atoms with Crippen LogP contribution >= 0.6 is 0 Å². The average molecular weight is 444 g/mol. The van der Waals surface area contributed by atoms with Crippen LogP contribution in [-0.2, 0) is 14.1 Å². The number of rotatable bonds is 3. The van der Waals surface area contributed by atoms with Crippen LogP contribution in [0, 0.1) is 13.8 Å². The smallest absolute Gasteiger partial charge is 0.226 e. The molecule has 0 bridgehead atoms. The molecule has 0 unspecified atom stereocenters. The summed E-state index contributed by atoms with van der Waals surface area (Å²) in [5, 5.41) is 17.3. The van der Waals surface area contributed by atoms with Gasteiger partial charge in [0.05, 0.1) is 24.2 Å². The fourth-order valence-corrected chi connectivity index (χ4v) is 4.89. The number of aryl methyl sites for hydroxylation is 4. The van der Waals surface area contributed by atoms with E-state index in [9.17, 15) is 0 Å². The molecule has 3 aromatic heterocycles. The highest BCUT2D eigenvalue weighted by Crippen LogP contribution is 2.51. The molecule has 168 valence electrons. The monoisotopic (exact) mass is 444 g/mol. The zero-order valence-corrected chi connectivity index (χ0v) is 19.1. The highest BCUT2D eigenvalue weighted by Gasteiger charge is 2.43. The van der Waals surface area contributed by atoms with Crippen LogP contribution in [0.25, 0.3) is 5.70 Å². The number of aromatic nitrogens is 7. The lowest BCUT2D eigenvalue weighted by Crippen LogP contribution is -2.32. The number of anilines is 1. The number of nitrogens with one attached hydrogen (secondary N) is 1. The van der Waals surface area contributed by atoms with Gasteiger partial charge in [-0.1, -0.05) is 0 Å². The van der Waals surface area contributed by atoms with E-state index in [4.69, 9.17) is 9.47 Å². The van der Waals surface area contributed by atoms with Crippen LogP contribution in [0.2, 0.25) is 0 Å². The second-order valence-corrected chi connectivity index (χ2v) is 8.43. The molecule has 6 rings (SSSR count). The molecule has 10 nitrogen and oxygen atoms in total. The van der Waals surface area contributed by atoms with Crippen molar-refractivity contribution in [2.45, 2.75) is 26.0 Å². The van der Waals surface area contributed by atoms with E-state index in [-0.39, 0.29) is 12.1 Å². The highest BCUT2D eigenvalue weighted by molar-refractivity contribution is 5.85. The summed E-state index contributed by atoms with van der Waals surface area (Å²) in [5.41, 5.74) is 6.78. The van der Waals surface area contributed by atoms with Gasteiger partial charge in [-0.15, -0.1) is 0 Å². The van der Waals surface area contributed by atoms with Gasteiger partial charge in [-0.25, -0.2) is 4.68 Å². The van der Waals surface area contributed by atoms with E-state index in [0.29, 0.717) is 5.95 Å². The van der Waals surface area contributed by atoms with Crippen molar-refractivity contribution in [3.8, 4) is 11.5 Å². The predicted octanol–water partition coefficient (Wildman–Crippen LogP) is 2.93. The summed E-state index contributed by atoms with van der Waals surface area (Å²) in [5.74, 6) is 2.19. The third-order valence-corrected chi connectivity index (χ3v) is 6.30. The maximum absolute atomic E-state index is 6.68. The molecule has 0 saturated heterocycles. The second-order valence-electron chi connectivity index (χ2n) is 8.43. The normalized spacial score (nSPS) is 18.8. The largest absolute Gasteiger partial charge is 0.497 e. The van der Waals surface area contributed by atoms with Crippen molar-refractivity contribution < 1.29 is 9.47 Å². The van der Waals surface area contributed by atoms with Gasteiger partial charge in [0.15, 0.2) is 6.10 Å². The molecule has 33 heavy (non-hydrogen) atoms. The summed E-state index contributed by atoms with van der Waals surface area (Å²) in [6, 6.07) is 5.59. The minimum absolute atomic E-state index is 0.253. The second kappa shape index (κ2) is 6.96. The summed E-state index contributed by atoms with van der Waals surface area (Å²) >= 11 is 0. The van der Waals surface area contributed by atoms with Crippen molar-refractivity contribution in [2.24, 2.45) is 14.1 Å². The van der Waals surface area contributed by atoms with Crippen LogP contribution < -0.4 is 14.8 Å². The van der Waals surface area contributed by atoms with Gasteiger partial charge >= 0.3 is 0 Å². The van der Waals surface area contributed by atoms with Gasteiger partial charge in [0.2, 0.25) is 5.95 Å². The maximum atomic E-state index is 6.68. The van der Waals surface area contributed by atoms with Gasteiger partial charge in [0, 0.05) is 48.8 Å². The quantitative estimate of drug-likeness (QED) is 0.519.